The number of ether oxygens (including phenoxy) is 1. The van der Waals surface area contributed by atoms with Crippen LogP contribution in [0.5, 0.6) is 0 Å². The molecule has 0 bridgehead atoms. The second-order valence-corrected chi connectivity index (χ2v) is 7.14. The first kappa shape index (κ1) is 16.6. The van der Waals surface area contributed by atoms with Crippen LogP contribution in [0.25, 0.3) is 0 Å². The Labute approximate surface area is 133 Å². The first-order valence-corrected chi connectivity index (χ1v) is 8.17. The summed E-state index contributed by atoms with van der Waals surface area (Å²) >= 11 is 6.49. The van der Waals surface area contributed by atoms with E-state index in [9.17, 15) is 0 Å². The average molecular weight is 311 g/mol. The average Bonchev–Trinajstić information content (AvgIpc) is 2.44. The summed E-state index contributed by atoms with van der Waals surface area (Å²) in [6, 6.07) is 6.38. The Bertz CT molecular complexity index is 470. The van der Waals surface area contributed by atoms with Crippen LogP contribution < -0.4 is 10.2 Å². The fraction of sp³-hybridized carbons (Fsp3) is 0.647. The summed E-state index contributed by atoms with van der Waals surface area (Å²) in [4.78, 5) is 2.33. The number of benzene rings is 1. The van der Waals surface area contributed by atoms with Crippen LogP contribution in [0.4, 0.5) is 5.69 Å². The minimum Gasteiger partial charge on any atom is -0.375 e. The predicted octanol–water partition coefficient (Wildman–Crippen LogP) is 3.84. The predicted molar refractivity (Wildman–Crippen MR) is 90.3 cm³/mol. The first-order valence-electron chi connectivity index (χ1n) is 7.79. The lowest BCUT2D eigenvalue weighted by molar-refractivity contribution is 0.0384. The van der Waals surface area contributed by atoms with Gasteiger partial charge in [-0.1, -0.05) is 24.6 Å². The molecule has 0 radical (unpaired) electrons. The number of rotatable bonds is 4. The summed E-state index contributed by atoms with van der Waals surface area (Å²) in [5.41, 5.74) is 2.46. The van der Waals surface area contributed by atoms with Gasteiger partial charge in [-0.25, -0.2) is 0 Å². The molecule has 1 fully saturated rings. The van der Waals surface area contributed by atoms with Crippen molar-refractivity contribution >= 4 is 17.3 Å². The molecule has 0 spiro atoms. The third-order valence-corrected chi connectivity index (χ3v) is 4.07. The molecule has 1 aliphatic rings. The number of morpholine rings is 1. The van der Waals surface area contributed by atoms with Crippen molar-refractivity contribution in [2.45, 2.75) is 52.3 Å². The Hall–Kier alpha value is -0.770. The van der Waals surface area contributed by atoms with Gasteiger partial charge in [0.15, 0.2) is 0 Å². The van der Waals surface area contributed by atoms with Crippen LogP contribution in [-0.2, 0) is 11.3 Å². The Morgan fingerprint density at radius 2 is 2.14 bits per heavy atom. The van der Waals surface area contributed by atoms with Crippen molar-refractivity contribution in [1.29, 1.82) is 0 Å². The maximum atomic E-state index is 6.49. The molecule has 21 heavy (non-hydrogen) atoms. The molecule has 1 heterocycles. The number of hydrogen-bond acceptors (Lipinski definition) is 3. The topological polar surface area (TPSA) is 24.5 Å². The largest absolute Gasteiger partial charge is 0.375 e. The second kappa shape index (κ2) is 6.99. The van der Waals surface area contributed by atoms with Gasteiger partial charge < -0.3 is 15.0 Å². The Morgan fingerprint density at radius 1 is 1.38 bits per heavy atom. The molecule has 1 aromatic rings. The van der Waals surface area contributed by atoms with Gasteiger partial charge in [0.05, 0.1) is 23.4 Å². The highest BCUT2D eigenvalue weighted by atomic mass is 35.5. The summed E-state index contributed by atoms with van der Waals surface area (Å²) in [6.07, 6.45) is 1.36. The summed E-state index contributed by atoms with van der Waals surface area (Å²) in [5.74, 6) is 0. The van der Waals surface area contributed by atoms with Crippen molar-refractivity contribution in [2.75, 3.05) is 24.6 Å². The van der Waals surface area contributed by atoms with Gasteiger partial charge in [-0.05, 0) is 44.9 Å². The highest BCUT2D eigenvalue weighted by Gasteiger charge is 2.21. The van der Waals surface area contributed by atoms with E-state index in [4.69, 9.17) is 16.3 Å². The molecule has 0 aromatic heterocycles. The maximum Gasteiger partial charge on any atom is 0.0748 e. The lowest BCUT2D eigenvalue weighted by Gasteiger charge is -2.34. The third kappa shape index (κ3) is 4.87. The van der Waals surface area contributed by atoms with Crippen LogP contribution in [0.3, 0.4) is 0 Å². The van der Waals surface area contributed by atoms with Crippen molar-refractivity contribution in [3.05, 3.63) is 28.8 Å². The minimum absolute atomic E-state index is 0.115. The summed E-state index contributed by atoms with van der Waals surface area (Å²) in [7, 11) is 0. The summed E-state index contributed by atoms with van der Waals surface area (Å²) in [6.45, 7) is 12.1. The van der Waals surface area contributed by atoms with Gasteiger partial charge >= 0.3 is 0 Å². The number of nitrogens with one attached hydrogen (secondary N) is 1. The molecule has 3 nitrogen and oxygen atoms in total. The smallest absolute Gasteiger partial charge is 0.0748 e. The van der Waals surface area contributed by atoms with Crippen molar-refractivity contribution in [1.82, 2.24) is 5.32 Å². The van der Waals surface area contributed by atoms with Gasteiger partial charge in [0.2, 0.25) is 0 Å². The molecule has 1 unspecified atom stereocenters. The molecular weight excluding hydrogens is 284 g/mol. The molecule has 0 amide bonds. The van der Waals surface area contributed by atoms with Crippen LogP contribution >= 0.6 is 11.6 Å². The molecule has 1 N–H and O–H groups in total. The number of hydrogen-bond donors (Lipinski definition) is 1. The zero-order chi connectivity index (χ0) is 15.5. The molecule has 1 aliphatic heterocycles. The maximum absolute atomic E-state index is 6.49. The van der Waals surface area contributed by atoms with E-state index in [1.807, 2.05) is 0 Å². The van der Waals surface area contributed by atoms with E-state index in [0.717, 1.165) is 43.4 Å². The zero-order valence-corrected chi connectivity index (χ0v) is 14.3. The van der Waals surface area contributed by atoms with E-state index >= 15 is 0 Å². The summed E-state index contributed by atoms with van der Waals surface area (Å²) < 4.78 is 5.72. The van der Waals surface area contributed by atoms with Gasteiger partial charge in [-0.3, -0.25) is 0 Å². The molecule has 1 saturated heterocycles. The van der Waals surface area contributed by atoms with E-state index in [-0.39, 0.29) is 5.54 Å². The van der Waals surface area contributed by atoms with Gasteiger partial charge in [0, 0.05) is 25.2 Å². The first-order chi connectivity index (χ1) is 9.89. The van der Waals surface area contributed by atoms with Crippen molar-refractivity contribution in [2.24, 2.45) is 0 Å². The normalized spacial score (nSPS) is 19.9. The van der Waals surface area contributed by atoms with E-state index in [0.29, 0.717) is 6.10 Å². The van der Waals surface area contributed by atoms with Gasteiger partial charge in [0.25, 0.3) is 0 Å². The molecule has 1 aromatic carbocycles. The SMILES string of the molecule is CCC1CN(c2ccc(CNC(C)(C)C)cc2Cl)CCO1. The third-order valence-electron chi connectivity index (χ3n) is 3.77. The minimum atomic E-state index is 0.115. The van der Waals surface area contributed by atoms with Crippen LogP contribution in [0.1, 0.15) is 39.7 Å². The van der Waals surface area contributed by atoms with Crippen LogP contribution in [0.15, 0.2) is 18.2 Å². The fourth-order valence-corrected chi connectivity index (χ4v) is 2.79. The van der Waals surface area contributed by atoms with Crippen LogP contribution in [0, 0.1) is 0 Å². The Morgan fingerprint density at radius 3 is 2.76 bits per heavy atom. The van der Waals surface area contributed by atoms with Gasteiger partial charge in [-0.15, -0.1) is 0 Å². The Kier molecular flexibility index (Phi) is 5.53. The monoisotopic (exact) mass is 310 g/mol. The fourth-order valence-electron chi connectivity index (χ4n) is 2.47. The molecule has 2 rings (SSSR count). The van der Waals surface area contributed by atoms with Crippen molar-refractivity contribution < 1.29 is 4.74 Å². The van der Waals surface area contributed by atoms with E-state index < -0.39 is 0 Å². The summed E-state index contributed by atoms with van der Waals surface area (Å²) in [5, 5.41) is 4.32. The lowest BCUT2D eigenvalue weighted by Crippen LogP contribution is -2.42. The van der Waals surface area contributed by atoms with Gasteiger partial charge in [0.1, 0.15) is 0 Å². The standard InChI is InChI=1S/C17H27ClN2O/c1-5-14-12-20(8-9-21-14)16-7-6-13(10-15(16)18)11-19-17(2,3)4/h6-7,10,14,19H,5,8-9,11-12H2,1-4H3. The van der Waals surface area contributed by atoms with Crippen LogP contribution in [0.2, 0.25) is 5.02 Å². The lowest BCUT2D eigenvalue weighted by atomic mass is 10.1. The van der Waals surface area contributed by atoms with E-state index in [1.165, 1.54) is 5.56 Å². The highest BCUT2D eigenvalue weighted by Crippen LogP contribution is 2.29. The van der Waals surface area contributed by atoms with Crippen molar-refractivity contribution in [3.8, 4) is 0 Å². The molecule has 118 valence electrons. The highest BCUT2D eigenvalue weighted by molar-refractivity contribution is 6.33. The van der Waals surface area contributed by atoms with Crippen molar-refractivity contribution in [3.63, 3.8) is 0 Å². The number of anilines is 1. The number of nitrogens with zero attached hydrogens (tertiary/aromatic N) is 1. The van der Waals surface area contributed by atoms with Gasteiger partial charge in [-0.2, -0.15) is 0 Å². The molecule has 1 atom stereocenters. The zero-order valence-electron chi connectivity index (χ0n) is 13.6. The molecule has 0 aliphatic carbocycles. The van der Waals surface area contributed by atoms with E-state index in [2.05, 4.69) is 56.1 Å². The quantitative estimate of drug-likeness (QED) is 0.914. The second-order valence-electron chi connectivity index (χ2n) is 6.74. The molecule has 4 heteroatoms. The van der Waals surface area contributed by atoms with Crippen LogP contribution in [-0.4, -0.2) is 31.3 Å². The number of halogens is 1. The Balaban J connectivity index is 2.05. The van der Waals surface area contributed by atoms with E-state index in [1.54, 1.807) is 0 Å². The molecule has 0 saturated carbocycles. The molecular formula is C17H27ClN2O.